The maximum absolute atomic E-state index is 12.9. The Balaban J connectivity index is 2.14. The van der Waals surface area contributed by atoms with Gasteiger partial charge in [0, 0.05) is 23.5 Å². The van der Waals surface area contributed by atoms with E-state index in [0.29, 0.717) is 18.0 Å². The van der Waals surface area contributed by atoms with Crippen LogP contribution in [-0.4, -0.2) is 43.8 Å². The Hall–Kier alpha value is -1.07. The van der Waals surface area contributed by atoms with Crippen LogP contribution in [-0.2, 0) is 21.1 Å². The lowest BCUT2D eigenvalue weighted by atomic mass is 9.84. The van der Waals surface area contributed by atoms with Crippen molar-refractivity contribution in [3.8, 4) is 0 Å². The van der Waals surface area contributed by atoms with Crippen LogP contribution < -0.4 is 0 Å². The van der Waals surface area contributed by atoms with Gasteiger partial charge in [0.1, 0.15) is 0 Å². The van der Waals surface area contributed by atoms with E-state index in [4.69, 9.17) is 11.6 Å². The molecule has 0 radical (unpaired) electrons. The molecule has 1 aromatic carbocycles. The minimum absolute atomic E-state index is 0.00132. The number of halogens is 1. The molecule has 1 atom stereocenters. The summed E-state index contributed by atoms with van der Waals surface area (Å²) in [6.07, 6.45) is 0.573. The van der Waals surface area contributed by atoms with Crippen LogP contribution in [0.2, 0.25) is 5.02 Å². The second kappa shape index (κ2) is 6.81. The van der Waals surface area contributed by atoms with E-state index in [1.54, 1.807) is 11.0 Å². The van der Waals surface area contributed by atoms with Gasteiger partial charge in [0.2, 0.25) is 5.91 Å². The monoisotopic (exact) mass is 357 g/mol. The molecule has 128 valence electrons. The van der Waals surface area contributed by atoms with Gasteiger partial charge in [-0.05, 0) is 30.0 Å². The molecule has 1 heterocycles. The molecule has 0 saturated carbocycles. The van der Waals surface area contributed by atoms with Gasteiger partial charge in [-0.15, -0.1) is 0 Å². The molecule has 0 aromatic heterocycles. The van der Waals surface area contributed by atoms with Gasteiger partial charge < -0.3 is 4.90 Å². The summed E-state index contributed by atoms with van der Waals surface area (Å²) in [4.78, 5) is 14.6. The number of rotatable bonds is 3. The number of sulfone groups is 1. The summed E-state index contributed by atoms with van der Waals surface area (Å²) >= 11 is 6.01. The van der Waals surface area contributed by atoms with Crippen molar-refractivity contribution in [2.24, 2.45) is 11.3 Å². The minimum atomic E-state index is -3.06. The maximum atomic E-state index is 12.9. The fourth-order valence-electron chi connectivity index (χ4n) is 3.13. The molecule has 1 amide bonds. The van der Waals surface area contributed by atoms with Gasteiger partial charge in [0.25, 0.3) is 0 Å². The topological polar surface area (TPSA) is 54.5 Å². The second-order valence-electron chi connectivity index (χ2n) is 7.16. The molecule has 0 aliphatic carbocycles. The third kappa shape index (κ3) is 4.95. The van der Waals surface area contributed by atoms with Crippen LogP contribution in [0, 0.1) is 11.3 Å². The third-order valence-electron chi connectivity index (χ3n) is 4.14. The molecule has 1 aromatic rings. The van der Waals surface area contributed by atoms with Gasteiger partial charge in [0.15, 0.2) is 9.84 Å². The van der Waals surface area contributed by atoms with Crippen molar-refractivity contribution in [1.82, 2.24) is 4.90 Å². The SMILES string of the molecule is CC1CN(C(=O)C(C)(C)Cc2cccc(Cl)c2)CCS(=O)(=O)C1. The summed E-state index contributed by atoms with van der Waals surface area (Å²) in [6.45, 7) is 6.47. The number of carbonyl (C=O) groups is 1. The Morgan fingerprint density at radius 2 is 2.09 bits per heavy atom. The average molecular weight is 358 g/mol. The number of carbonyl (C=O) groups excluding carboxylic acids is 1. The highest BCUT2D eigenvalue weighted by Crippen LogP contribution is 2.27. The molecule has 4 nitrogen and oxygen atoms in total. The largest absolute Gasteiger partial charge is 0.341 e. The first-order chi connectivity index (χ1) is 10.6. The highest BCUT2D eigenvalue weighted by atomic mass is 35.5. The number of benzene rings is 1. The number of amides is 1. The molecule has 0 spiro atoms. The van der Waals surface area contributed by atoms with E-state index in [-0.39, 0.29) is 29.9 Å². The predicted octanol–water partition coefficient (Wildman–Crippen LogP) is 2.80. The van der Waals surface area contributed by atoms with Crippen LogP contribution in [0.15, 0.2) is 24.3 Å². The first kappa shape index (κ1) is 18.3. The Kier molecular flexibility index (Phi) is 5.41. The van der Waals surface area contributed by atoms with Gasteiger partial charge in [0.05, 0.1) is 11.5 Å². The highest BCUT2D eigenvalue weighted by Gasteiger charge is 2.35. The summed E-state index contributed by atoms with van der Waals surface area (Å²) in [5.41, 5.74) is 0.407. The molecule has 0 N–H and O–H groups in total. The Labute approximate surface area is 143 Å². The second-order valence-corrected chi connectivity index (χ2v) is 9.83. The zero-order valence-corrected chi connectivity index (χ0v) is 15.5. The van der Waals surface area contributed by atoms with Gasteiger partial charge in [-0.3, -0.25) is 4.79 Å². The standard InChI is InChI=1S/C17H24ClNO3S/c1-13-11-19(7-8-23(21,22)12-13)16(20)17(2,3)10-14-5-4-6-15(18)9-14/h4-6,9,13H,7-8,10-12H2,1-3H3. The van der Waals surface area contributed by atoms with Crippen LogP contribution in [0.5, 0.6) is 0 Å². The lowest BCUT2D eigenvalue weighted by Gasteiger charge is -2.32. The molecule has 6 heteroatoms. The van der Waals surface area contributed by atoms with E-state index in [1.165, 1.54) is 0 Å². The molecular weight excluding hydrogens is 334 g/mol. The van der Waals surface area contributed by atoms with E-state index in [9.17, 15) is 13.2 Å². The fourth-order valence-corrected chi connectivity index (χ4v) is 4.98. The summed E-state index contributed by atoms with van der Waals surface area (Å²) in [7, 11) is -3.06. The number of hydrogen-bond donors (Lipinski definition) is 0. The molecule has 1 aliphatic rings. The molecule has 0 bridgehead atoms. The average Bonchev–Trinajstić information content (AvgIpc) is 2.54. The molecular formula is C17H24ClNO3S. The van der Waals surface area contributed by atoms with Gasteiger partial charge in [-0.2, -0.15) is 0 Å². The van der Waals surface area contributed by atoms with Crippen LogP contribution in [0.1, 0.15) is 26.3 Å². The van der Waals surface area contributed by atoms with Crippen LogP contribution in [0.3, 0.4) is 0 Å². The lowest BCUT2D eigenvalue weighted by Crippen LogP contribution is -2.44. The smallest absolute Gasteiger partial charge is 0.228 e. The van der Waals surface area contributed by atoms with Gasteiger partial charge >= 0.3 is 0 Å². The molecule has 1 saturated heterocycles. The van der Waals surface area contributed by atoms with Crippen molar-refractivity contribution in [2.45, 2.75) is 27.2 Å². The summed E-state index contributed by atoms with van der Waals surface area (Å²) in [5.74, 6) is 0.178. The Morgan fingerprint density at radius 3 is 2.74 bits per heavy atom. The summed E-state index contributed by atoms with van der Waals surface area (Å²) in [6, 6.07) is 7.50. The van der Waals surface area contributed by atoms with Crippen LogP contribution in [0.25, 0.3) is 0 Å². The van der Waals surface area contributed by atoms with Crippen molar-refractivity contribution in [1.29, 1.82) is 0 Å². The fraction of sp³-hybridized carbons (Fsp3) is 0.588. The highest BCUT2D eigenvalue weighted by molar-refractivity contribution is 7.91. The Bertz CT molecular complexity index is 685. The normalized spacial score (nSPS) is 21.7. The minimum Gasteiger partial charge on any atom is -0.341 e. The zero-order chi connectivity index (χ0) is 17.3. The number of hydrogen-bond acceptors (Lipinski definition) is 3. The molecule has 23 heavy (non-hydrogen) atoms. The van der Waals surface area contributed by atoms with Gasteiger partial charge in [-0.25, -0.2) is 8.42 Å². The zero-order valence-electron chi connectivity index (χ0n) is 13.9. The van der Waals surface area contributed by atoms with Gasteiger partial charge in [-0.1, -0.05) is 44.5 Å². The predicted molar refractivity (Wildman–Crippen MR) is 93.3 cm³/mol. The van der Waals surface area contributed by atoms with Crippen molar-refractivity contribution in [2.75, 3.05) is 24.6 Å². The van der Waals surface area contributed by atoms with Crippen molar-refractivity contribution in [3.63, 3.8) is 0 Å². The molecule has 1 aliphatic heterocycles. The first-order valence-electron chi connectivity index (χ1n) is 7.83. The first-order valence-corrected chi connectivity index (χ1v) is 10.0. The van der Waals surface area contributed by atoms with Crippen LogP contribution >= 0.6 is 11.6 Å². The van der Waals surface area contributed by atoms with E-state index >= 15 is 0 Å². The third-order valence-corrected chi connectivity index (χ3v) is 6.26. The molecule has 1 fully saturated rings. The van der Waals surface area contributed by atoms with Crippen molar-refractivity contribution < 1.29 is 13.2 Å². The van der Waals surface area contributed by atoms with E-state index in [2.05, 4.69) is 0 Å². The van der Waals surface area contributed by atoms with Crippen molar-refractivity contribution >= 4 is 27.3 Å². The van der Waals surface area contributed by atoms with E-state index in [0.717, 1.165) is 5.56 Å². The van der Waals surface area contributed by atoms with Crippen LogP contribution in [0.4, 0.5) is 0 Å². The van der Waals surface area contributed by atoms with Crippen molar-refractivity contribution in [3.05, 3.63) is 34.9 Å². The molecule has 1 unspecified atom stereocenters. The summed E-state index contributed by atoms with van der Waals surface area (Å²) < 4.78 is 23.7. The Morgan fingerprint density at radius 1 is 1.39 bits per heavy atom. The number of nitrogens with zero attached hydrogens (tertiary/aromatic N) is 1. The lowest BCUT2D eigenvalue weighted by molar-refractivity contribution is -0.140. The van der Waals surface area contributed by atoms with E-state index in [1.807, 2.05) is 39.0 Å². The quantitative estimate of drug-likeness (QED) is 0.835. The molecule has 2 rings (SSSR count). The maximum Gasteiger partial charge on any atom is 0.228 e. The van der Waals surface area contributed by atoms with E-state index < -0.39 is 15.3 Å². The summed E-state index contributed by atoms with van der Waals surface area (Å²) in [5, 5.41) is 0.653.